The van der Waals surface area contributed by atoms with Gasteiger partial charge in [-0.3, -0.25) is 0 Å². The lowest BCUT2D eigenvalue weighted by Crippen LogP contribution is -2.10. The highest BCUT2D eigenvalue weighted by Gasteiger charge is 2.19. The maximum atomic E-state index is 9.15. The van der Waals surface area contributed by atoms with E-state index < -0.39 is 0 Å². The molecule has 1 rings (SSSR count). The number of aromatic nitrogens is 3. The van der Waals surface area contributed by atoms with Gasteiger partial charge in [-0.05, 0) is 19.3 Å². The third kappa shape index (κ3) is 4.34. The number of unbranched alkanes of at least 4 members (excludes halogenated alkanes) is 4. The van der Waals surface area contributed by atoms with Gasteiger partial charge in [0.25, 0.3) is 0 Å². The fourth-order valence-electron chi connectivity index (χ4n) is 2.51. The third-order valence-corrected chi connectivity index (χ3v) is 3.73. The van der Waals surface area contributed by atoms with Crippen LogP contribution in [0.5, 0.6) is 0 Å². The summed E-state index contributed by atoms with van der Waals surface area (Å²) in [5.74, 6) is 0.403. The van der Waals surface area contributed by atoms with E-state index in [2.05, 4.69) is 37.2 Å². The van der Waals surface area contributed by atoms with Crippen molar-refractivity contribution in [3.05, 3.63) is 11.4 Å². The van der Waals surface area contributed by atoms with E-state index in [9.17, 15) is 0 Å². The van der Waals surface area contributed by atoms with Gasteiger partial charge in [0.1, 0.15) is 6.07 Å². The molecule has 0 N–H and O–H groups in total. The maximum Gasteiger partial charge on any atom is 0.186 e. The monoisotopic (exact) mass is 262 g/mol. The smallest absolute Gasteiger partial charge is 0.186 e. The average Bonchev–Trinajstić information content (AvgIpc) is 2.83. The van der Waals surface area contributed by atoms with Crippen LogP contribution in [0.15, 0.2) is 0 Å². The van der Waals surface area contributed by atoms with Gasteiger partial charge in [-0.2, -0.15) is 5.26 Å². The van der Waals surface area contributed by atoms with Crippen LogP contribution in [0.25, 0.3) is 0 Å². The van der Waals surface area contributed by atoms with Crippen molar-refractivity contribution in [3.8, 4) is 6.07 Å². The minimum Gasteiger partial charge on any atom is -0.248 e. The topological polar surface area (TPSA) is 54.5 Å². The summed E-state index contributed by atoms with van der Waals surface area (Å²) in [6, 6.07) is 2.18. The maximum absolute atomic E-state index is 9.15. The molecule has 0 aliphatic carbocycles. The van der Waals surface area contributed by atoms with Gasteiger partial charge in [0.05, 0.1) is 5.69 Å². The van der Waals surface area contributed by atoms with Crippen LogP contribution < -0.4 is 0 Å². The van der Waals surface area contributed by atoms with Gasteiger partial charge in [0.15, 0.2) is 5.69 Å². The molecule has 1 aromatic rings. The summed E-state index contributed by atoms with van der Waals surface area (Å²) in [6.45, 7) is 7.44. The summed E-state index contributed by atoms with van der Waals surface area (Å²) in [5.41, 5.74) is 1.56. The fraction of sp³-hybridized carbons (Fsp3) is 0.800. The Labute approximate surface area is 116 Å². The molecular formula is C15H26N4. The van der Waals surface area contributed by atoms with E-state index in [1.54, 1.807) is 0 Å². The van der Waals surface area contributed by atoms with Crippen LogP contribution >= 0.6 is 0 Å². The van der Waals surface area contributed by atoms with E-state index in [1.165, 1.54) is 25.7 Å². The summed E-state index contributed by atoms with van der Waals surface area (Å²) in [5, 5.41) is 17.3. The number of rotatable bonds is 9. The Bertz CT molecular complexity index is 399. The zero-order valence-corrected chi connectivity index (χ0v) is 12.5. The van der Waals surface area contributed by atoms with Crippen LogP contribution in [0.2, 0.25) is 0 Å². The van der Waals surface area contributed by atoms with Crippen LogP contribution in [0.1, 0.15) is 83.0 Å². The molecule has 0 saturated carbocycles. The second-order valence-corrected chi connectivity index (χ2v) is 5.09. The quantitative estimate of drug-likeness (QED) is 0.631. The first-order valence-electron chi connectivity index (χ1n) is 7.61. The molecule has 4 nitrogen and oxygen atoms in total. The third-order valence-electron chi connectivity index (χ3n) is 3.73. The van der Waals surface area contributed by atoms with Crippen LogP contribution in [-0.4, -0.2) is 15.0 Å². The summed E-state index contributed by atoms with van der Waals surface area (Å²) in [7, 11) is 0. The van der Waals surface area contributed by atoms with Gasteiger partial charge in [0, 0.05) is 12.5 Å². The van der Waals surface area contributed by atoms with Crippen LogP contribution in [0.3, 0.4) is 0 Å². The van der Waals surface area contributed by atoms with Crippen molar-refractivity contribution in [1.82, 2.24) is 15.0 Å². The summed E-state index contributed by atoms with van der Waals surface area (Å²) in [6.07, 6.45) is 8.29. The predicted molar refractivity (Wildman–Crippen MR) is 76.8 cm³/mol. The van der Waals surface area contributed by atoms with Crippen molar-refractivity contribution in [3.63, 3.8) is 0 Å². The molecule has 0 saturated heterocycles. The number of nitriles is 1. The van der Waals surface area contributed by atoms with Gasteiger partial charge < -0.3 is 0 Å². The summed E-state index contributed by atoms with van der Waals surface area (Å²) < 4.78 is 1.96. The molecule has 19 heavy (non-hydrogen) atoms. The van der Waals surface area contributed by atoms with Crippen molar-refractivity contribution in [2.45, 2.75) is 78.2 Å². The molecule has 106 valence electrons. The molecule has 1 heterocycles. The van der Waals surface area contributed by atoms with Crippen LogP contribution in [-0.2, 0) is 6.54 Å². The molecule has 0 amide bonds. The molecule has 0 aromatic carbocycles. The lowest BCUT2D eigenvalue weighted by atomic mass is 9.97. The second-order valence-electron chi connectivity index (χ2n) is 5.09. The first-order chi connectivity index (χ1) is 9.28. The molecule has 1 aromatic heterocycles. The van der Waals surface area contributed by atoms with Crippen molar-refractivity contribution >= 4 is 0 Å². The molecule has 0 unspecified atom stereocenters. The van der Waals surface area contributed by atoms with Crippen LogP contribution in [0, 0.1) is 11.3 Å². The van der Waals surface area contributed by atoms with Crippen molar-refractivity contribution in [1.29, 1.82) is 5.26 Å². The van der Waals surface area contributed by atoms with E-state index in [0.29, 0.717) is 11.6 Å². The average molecular weight is 262 g/mol. The van der Waals surface area contributed by atoms with Gasteiger partial charge >= 0.3 is 0 Å². The molecule has 4 heteroatoms. The Morgan fingerprint density at radius 3 is 2.37 bits per heavy atom. The Morgan fingerprint density at radius 1 is 1.11 bits per heavy atom. The normalized spacial score (nSPS) is 10.9. The largest absolute Gasteiger partial charge is 0.248 e. The zero-order chi connectivity index (χ0) is 14.1. The van der Waals surface area contributed by atoms with E-state index in [4.69, 9.17) is 5.26 Å². The Kier molecular flexibility index (Phi) is 7.17. The lowest BCUT2D eigenvalue weighted by Gasteiger charge is -2.14. The predicted octanol–water partition coefficient (Wildman–Crippen LogP) is 4.02. The van der Waals surface area contributed by atoms with Gasteiger partial charge in [-0.1, -0.05) is 51.7 Å². The Morgan fingerprint density at radius 2 is 1.79 bits per heavy atom. The molecule has 0 atom stereocenters. The Balaban J connectivity index is 2.67. The Hall–Kier alpha value is -1.37. The highest BCUT2D eigenvalue weighted by Crippen LogP contribution is 2.25. The highest BCUT2D eigenvalue weighted by atomic mass is 15.4. The first kappa shape index (κ1) is 15.7. The number of aryl methyl sites for hydroxylation is 1. The van der Waals surface area contributed by atoms with Crippen molar-refractivity contribution in [2.24, 2.45) is 0 Å². The molecule has 0 aliphatic rings. The summed E-state index contributed by atoms with van der Waals surface area (Å²) in [4.78, 5) is 0. The first-order valence-corrected chi connectivity index (χ1v) is 7.61. The second kappa shape index (κ2) is 8.68. The van der Waals surface area contributed by atoms with Crippen LogP contribution in [0.4, 0.5) is 0 Å². The van der Waals surface area contributed by atoms with E-state index in [0.717, 1.165) is 31.5 Å². The number of hydrogen-bond donors (Lipinski definition) is 0. The van der Waals surface area contributed by atoms with E-state index >= 15 is 0 Å². The fourth-order valence-corrected chi connectivity index (χ4v) is 2.51. The minimum absolute atomic E-state index is 0.403. The number of hydrogen-bond acceptors (Lipinski definition) is 3. The van der Waals surface area contributed by atoms with Crippen molar-refractivity contribution in [2.75, 3.05) is 0 Å². The van der Waals surface area contributed by atoms with Gasteiger partial charge in [0.2, 0.25) is 0 Å². The van der Waals surface area contributed by atoms with Gasteiger partial charge in [-0.25, -0.2) is 4.68 Å². The standard InChI is InChI=1S/C15H26N4/c1-4-7-8-9-10-11-19-15(13(5-2)6-3)14(12-16)17-18-19/h13H,4-11H2,1-3H3. The van der Waals surface area contributed by atoms with Crippen molar-refractivity contribution < 1.29 is 0 Å². The van der Waals surface area contributed by atoms with E-state index in [-0.39, 0.29) is 0 Å². The summed E-state index contributed by atoms with van der Waals surface area (Å²) >= 11 is 0. The number of nitrogens with zero attached hydrogens (tertiary/aromatic N) is 4. The molecule has 0 spiro atoms. The molecule has 0 aliphatic heterocycles. The SMILES string of the molecule is CCCCCCCn1nnc(C#N)c1C(CC)CC. The molecule has 0 radical (unpaired) electrons. The van der Waals surface area contributed by atoms with E-state index in [1.807, 2.05) is 4.68 Å². The minimum atomic E-state index is 0.403. The lowest BCUT2D eigenvalue weighted by molar-refractivity contribution is 0.480. The van der Waals surface area contributed by atoms with Gasteiger partial charge in [-0.15, -0.1) is 5.10 Å². The molecular weight excluding hydrogens is 236 g/mol. The highest BCUT2D eigenvalue weighted by molar-refractivity contribution is 5.27. The molecule has 0 fully saturated rings. The zero-order valence-electron chi connectivity index (χ0n) is 12.5. The molecule has 0 bridgehead atoms.